The van der Waals surface area contributed by atoms with Gasteiger partial charge in [-0.1, -0.05) is 25.0 Å². The summed E-state index contributed by atoms with van der Waals surface area (Å²) in [6.07, 6.45) is 4.68. The number of halogens is 1. The summed E-state index contributed by atoms with van der Waals surface area (Å²) in [4.78, 5) is 11.8. The molecule has 0 bridgehead atoms. The fourth-order valence-electron chi connectivity index (χ4n) is 2.37. The summed E-state index contributed by atoms with van der Waals surface area (Å²) >= 11 is 1.59. The van der Waals surface area contributed by atoms with Gasteiger partial charge in [0.25, 0.3) is 0 Å². The Bertz CT molecular complexity index is 415. The maximum atomic E-state index is 12.8. The molecular formula is C15H20FNOS. The molecule has 0 saturated heterocycles. The molecule has 0 heterocycles. The van der Waals surface area contributed by atoms with E-state index in [1.165, 1.54) is 25.0 Å². The standard InChI is InChI=1S/C15H20FNOS/c1-11(12-6-8-13(16)9-7-12)19-10-15(18)17-14-4-2-3-5-14/h6-9,11,14H,2-5,10H2,1H3,(H,17,18). The number of rotatable bonds is 5. The number of nitrogens with one attached hydrogen (secondary N) is 1. The minimum absolute atomic E-state index is 0.117. The van der Waals surface area contributed by atoms with Gasteiger partial charge in [-0.25, -0.2) is 4.39 Å². The second-order valence-electron chi connectivity index (χ2n) is 5.05. The van der Waals surface area contributed by atoms with Gasteiger partial charge in [-0.2, -0.15) is 0 Å². The average Bonchev–Trinajstić information content (AvgIpc) is 2.89. The Morgan fingerprint density at radius 2 is 2.00 bits per heavy atom. The van der Waals surface area contributed by atoms with Gasteiger partial charge in [0.05, 0.1) is 5.75 Å². The molecule has 2 rings (SSSR count). The number of hydrogen-bond donors (Lipinski definition) is 1. The number of benzene rings is 1. The van der Waals surface area contributed by atoms with E-state index in [4.69, 9.17) is 0 Å². The van der Waals surface area contributed by atoms with E-state index in [1.54, 1.807) is 23.9 Å². The summed E-state index contributed by atoms with van der Waals surface area (Å²) in [5.41, 5.74) is 1.06. The minimum atomic E-state index is -0.222. The van der Waals surface area contributed by atoms with Gasteiger partial charge in [-0.05, 0) is 37.5 Å². The van der Waals surface area contributed by atoms with E-state index >= 15 is 0 Å². The van der Waals surface area contributed by atoms with Gasteiger partial charge in [0.1, 0.15) is 5.82 Å². The number of thioether (sulfide) groups is 1. The van der Waals surface area contributed by atoms with Crippen LogP contribution < -0.4 is 5.32 Å². The Morgan fingerprint density at radius 3 is 2.63 bits per heavy atom. The highest BCUT2D eigenvalue weighted by atomic mass is 32.2. The zero-order valence-electron chi connectivity index (χ0n) is 11.2. The Kier molecular flexibility index (Phi) is 5.25. The highest BCUT2D eigenvalue weighted by molar-refractivity contribution is 8.00. The zero-order chi connectivity index (χ0) is 13.7. The Labute approximate surface area is 118 Å². The highest BCUT2D eigenvalue weighted by Crippen LogP contribution is 2.28. The lowest BCUT2D eigenvalue weighted by atomic mass is 10.2. The summed E-state index contributed by atoms with van der Waals surface area (Å²) < 4.78 is 12.8. The molecule has 1 unspecified atom stereocenters. The molecule has 2 nitrogen and oxygen atoms in total. The molecule has 1 saturated carbocycles. The van der Waals surface area contributed by atoms with E-state index in [-0.39, 0.29) is 17.0 Å². The van der Waals surface area contributed by atoms with Crippen LogP contribution in [0.25, 0.3) is 0 Å². The predicted molar refractivity (Wildman–Crippen MR) is 77.7 cm³/mol. The van der Waals surface area contributed by atoms with Crippen LogP contribution in [0.15, 0.2) is 24.3 Å². The molecular weight excluding hydrogens is 261 g/mol. The normalized spacial score (nSPS) is 17.4. The first kappa shape index (κ1) is 14.4. The third kappa shape index (κ3) is 4.53. The summed E-state index contributed by atoms with van der Waals surface area (Å²) in [5.74, 6) is 0.362. The third-order valence-electron chi connectivity index (χ3n) is 3.52. The molecule has 0 aliphatic heterocycles. The van der Waals surface area contributed by atoms with Crippen molar-refractivity contribution in [3.8, 4) is 0 Å². The quantitative estimate of drug-likeness (QED) is 0.892. The van der Waals surface area contributed by atoms with Crippen molar-refractivity contribution in [2.24, 2.45) is 0 Å². The van der Waals surface area contributed by atoms with Gasteiger partial charge in [-0.15, -0.1) is 11.8 Å². The van der Waals surface area contributed by atoms with E-state index in [2.05, 4.69) is 5.32 Å². The van der Waals surface area contributed by atoms with Crippen LogP contribution in [0.2, 0.25) is 0 Å². The monoisotopic (exact) mass is 281 g/mol. The van der Waals surface area contributed by atoms with E-state index in [0.29, 0.717) is 11.8 Å². The molecule has 1 aromatic rings. The van der Waals surface area contributed by atoms with E-state index in [0.717, 1.165) is 18.4 Å². The van der Waals surface area contributed by atoms with Crippen LogP contribution in [-0.2, 0) is 4.79 Å². The van der Waals surface area contributed by atoms with Crippen molar-refractivity contribution in [1.82, 2.24) is 5.32 Å². The van der Waals surface area contributed by atoms with Crippen molar-refractivity contribution >= 4 is 17.7 Å². The molecule has 104 valence electrons. The second kappa shape index (κ2) is 6.94. The molecule has 1 aliphatic rings. The van der Waals surface area contributed by atoms with Crippen molar-refractivity contribution in [2.75, 3.05) is 5.75 Å². The van der Waals surface area contributed by atoms with E-state index in [1.807, 2.05) is 6.92 Å². The van der Waals surface area contributed by atoms with Crippen LogP contribution in [0.3, 0.4) is 0 Å². The molecule has 1 N–H and O–H groups in total. The SMILES string of the molecule is CC(SCC(=O)NC1CCCC1)c1ccc(F)cc1. The van der Waals surface area contributed by atoms with Crippen LogP contribution in [0.1, 0.15) is 43.4 Å². The van der Waals surface area contributed by atoms with Crippen molar-refractivity contribution in [3.05, 3.63) is 35.6 Å². The smallest absolute Gasteiger partial charge is 0.230 e. The van der Waals surface area contributed by atoms with Crippen molar-refractivity contribution < 1.29 is 9.18 Å². The van der Waals surface area contributed by atoms with Gasteiger partial charge in [0.2, 0.25) is 5.91 Å². The molecule has 4 heteroatoms. The fourth-order valence-corrected chi connectivity index (χ4v) is 3.20. The van der Waals surface area contributed by atoms with E-state index in [9.17, 15) is 9.18 Å². The molecule has 0 aromatic heterocycles. The molecule has 1 aromatic carbocycles. The first-order valence-electron chi connectivity index (χ1n) is 6.81. The molecule has 1 atom stereocenters. The second-order valence-corrected chi connectivity index (χ2v) is 6.38. The van der Waals surface area contributed by atoms with Crippen LogP contribution in [0.4, 0.5) is 4.39 Å². The number of hydrogen-bond acceptors (Lipinski definition) is 2. The van der Waals surface area contributed by atoms with E-state index < -0.39 is 0 Å². The first-order valence-corrected chi connectivity index (χ1v) is 7.86. The summed E-state index contributed by atoms with van der Waals surface area (Å²) in [6.45, 7) is 2.04. The largest absolute Gasteiger partial charge is 0.353 e. The molecule has 1 amide bonds. The van der Waals surface area contributed by atoms with Gasteiger partial charge >= 0.3 is 0 Å². The van der Waals surface area contributed by atoms with Crippen LogP contribution >= 0.6 is 11.8 Å². The molecule has 0 spiro atoms. The number of amides is 1. The van der Waals surface area contributed by atoms with Crippen LogP contribution in [0.5, 0.6) is 0 Å². The van der Waals surface area contributed by atoms with Crippen LogP contribution in [0, 0.1) is 5.82 Å². The molecule has 19 heavy (non-hydrogen) atoms. The number of carbonyl (C=O) groups is 1. The number of carbonyl (C=O) groups excluding carboxylic acids is 1. The Balaban J connectivity index is 1.74. The van der Waals surface area contributed by atoms with Crippen molar-refractivity contribution in [3.63, 3.8) is 0 Å². The van der Waals surface area contributed by atoms with Gasteiger partial charge < -0.3 is 5.32 Å². The predicted octanol–water partition coefficient (Wildman–Crippen LogP) is 3.68. The molecule has 1 fully saturated rings. The lowest BCUT2D eigenvalue weighted by Crippen LogP contribution is -2.33. The zero-order valence-corrected chi connectivity index (χ0v) is 12.0. The fraction of sp³-hybridized carbons (Fsp3) is 0.533. The van der Waals surface area contributed by atoms with Crippen LogP contribution in [-0.4, -0.2) is 17.7 Å². The summed E-state index contributed by atoms with van der Waals surface area (Å²) in [6, 6.07) is 6.87. The lowest BCUT2D eigenvalue weighted by molar-refractivity contribution is -0.119. The van der Waals surface area contributed by atoms with Crippen molar-refractivity contribution in [1.29, 1.82) is 0 Å². The van der Waals surface area contributed by atoms with Crippen molar-refractivity contribution in [2.45, 2.75) is 43.9 Å². The third-order valence-corrected chi connectivity index (χ3v) is 4.73. The Morgan fingerprint density at radius 1 is 1.37 bits per heavy atom. The summed E-state index contributed by atoms with van der Waals surface area (Å²) in [5, 5.41) is 3.28. The van der Waals surface area contributed by atoms with Gasteiger partial charge in [-0.3, -0.25) is 4.79 Å². The molecule has 0 radical (unpaired) electrons. The molecule has 1 aliphatic carbocycles. The lowest BCUT2D eigenvalue weighted by Gasteiger charge is -2.14. The maximum Gasteiger partial charge on any atom is 0.230 e. The van der Waals surface area contributed by atoms with Gasteiger partial charge in [0, 0.05) is 11.3 Å². The Hall–Kier alpha value is -1.03. The minimum Gasteiger partial charge on any atom is -0.353 e. The topological polar surface area (TPSA) is 29.1 Å². The average molecular weight is 281 g/mol. The first-order chi connectivity index (χ1) is 9.15. The van der Waals surface area contributed by atoms with Gasteiger partial charge in [0.15, 0.2) is 0 Å². The maximum absolute atomic E-state index is 12.8. The summed E-state index contributed by atoms with van der Waals surface area (Å²) in [7, 11) is 0. The highest BCUT2D eigenvalue weighted by Gasteiger charge is 2.17.